The Balaban J connectivity index is 1.74. The van der Waals surface area contributed by atoms with Gasteiger partial charge in [-0.25, -0.2) is 0 Å². The predicted molar refractivity (Wildman–Crippen MR) is 120 cm³/mol. The Morgan fingerprint density at radius 3 is 1.93 bits per heavy atom. The van der Waals surface area contributed by atoms with E-state index in [1.807, 2.05) is 12.1 Å². The second-order valence-corrected chi connectivity index (χ2v) is 9.12. The number of benzene rings is 2. The highest BCUT2D eigenvalue weighted by molar-refractivity contribution is 7.86. The fourth-order valence-electron chi connectivity index (χ4n) is 3.51. The molecule has 0 aliphatic heterocycles. The van der Waals surface area contributed by atoms with E-state index in [-0.39, 0.29) is 5.75 Å². The van der Waals surface area contributed by atoms with Crippen molar-refractivity contribution in [3.8, 4) is 17.2 Å². The maximum Gasteiger partial charge on any atom is 0.301 e. The molecule has 0 bridgehead atoms. The summed E-state index contributed by atoms with van der Waals surface area (Å²) in [4.78, 5) is -0.626. The molecular weight excluding hydrogens is 400 g/mol. The minimum atomic E-state index is -4.60. The Hall–Kier alpha value is -2.05. The molecule has 30 heavy (non-hydrogen) atoms. The third-order valence-electron chi connectivity index (χ3n) is 5.19. The van der Waals surface area contributed by atoms with Crippen molar-refractivity contribution >= 4 is 10.1 Å². The van der Waals surface area contributed by atoms with Crippen LogP contribution in [0.2, 0.25) is 0 Å². The first-order chi connectivity index (χ1) is 14.4. The minimum Gasteiger partial charge on any atom is -0.506 e. The van der Waals surface area contributed by atoms with E-state index in [2.05, 4.69) is 6.92 Å². The zero-order valence-corrected chi connectivity index (χ0v) is 18.7. The highest BCUT2D eigenvalue weighted by Gasteiger charge is 2.22. The summed E-state index contributed by atoms with van der Waals surface area (Å²) in [6, 6.07) is 11.5. The highest BCUT2D eigenvalue weighted by Crippen LogP contribution is 2.35. The molecule has 0 saturated carbocycles. The number of hydrogen-bond acceptors (Lipinski definition) is 4. The molecule has 0 spiro atoms. The average molecular weight is 435 g/mol. The lowest BCUT2D eigenvalue weighted by Crippen LogP contribution is -2.01. The topological polar surface area (TPSA) is 83.8 Å². The van der Waals surface area contributed by atoms with E-state index in [1.165, 1.54) is 81.5 Å². The summed E-state index contributed by atoms with van der Waals surface area (Å²) < 4.78 is 37.9. The van der Waals surface area contributed by atoms with Gasteiger partial charge in [0.15, 0.2) is 10.6 Å². The molecule has 2 rings (SSSR count). The fourth-order valence-corrected chi connectivity index (χ4v) is 4.21. The molecule has 5 nitrogen and oxygen atoms in total. The number of unbranched alkanes of at least 4 members (excludes halogenated alkanes) is 9. The Morgan fingerprint density at radius 2 is 1.37 bits per heavy atom. The molecule has 0 radical (unpaired) electrons. The SMILES string of the molecule is CCCCCCCCCCCCc1ccc(Oc2cccc(O)c2S(=O)(=O)O)cc1. The number of aryl methyl sites for hydroxylation is 1. The van der Waals surface area contributed by atoms with E-state index in [0.29, 0.717) is 5.75 Å². The van der Waals surface area contributed by atoms with Crippen LogP contribution in [0.15, 0.2) is 47.4 Å². The molecule has 0 saturated heterocycles. The molecule has 0 heterocycles. The minimum absolute atomic E-state index is 0.111. The van der Waals surface area contributed by atoms with Gasteiger partial charge in [0.05, 0.1) is 0 Å². The first-order valence-corrected chi connectivity index (χ1v) is 12.4. The Morgan fingerprint density at radius 1 is 0.800 bits per heavy atom. The van der Waals surface area contributed by atoms with Crippen molar-refractivity contribution in [3.63, 3.8) is 0 Å². The Labute approximate surface area is 180 Å². The highest BCUT2D eigenvalue weighted by atomic mass is 32.2. The summed E-state index contributed by atoms with van der Waals surface area (Å²) in [6.45, 7) is 2.25. The zero-order chi connectivity index (χ0) is 21.8. The quantitative estimate of drug-likeness (QED) is 0.250. The smallest absolute Gasteiger partial charge is 0.301 e. The molecule has 2 aromatic rings. The van der Waals surface area contributed by atoms with Crippen LogP contribution in [0.25, 0.3) is 0 Å². The van der Waals surface area contributed by atoms with Crippen LogP contribution < -0.4 is 4.74 Å². The van der Waals surface area contributed by atoms with Crippen molar-refractivity contribution in [3.05, 3.63) is 48.0 Å². The number of ether oxygens (including phenoxy) is 1. The molecule has 0 amide bonds. The number of rotatable bonds is 14. The summed E-state index contributed by atoms with van der Waals surface area (Å²) >= 11 is 0. The van der Waals surface area contributed by atoms with E-state index in [1.54, 1.807) is 12.1 Å². The molecule has 0 fully saturated rings. The summed E-state index contributed by atoms with van der Waals surface area (Å²) in [6.07, 6.45) is 14.1. The van der Waals surface area contributed by atoms with E-state index in [0.717, 1.165) is 12.8 Å². The molecule has 0 aromatic heterocycles. The van der Waals surface area contributed by atoms with E-state index in [9.17, 15) is 18.1 Å². The zero-order valence-electron chi connectivity index (χ0n) is 17.8. The van der Waals surface area contributed by atoms with Crippen LogP contribution >= 0.6 is 0 Å². The van der Waals surface area contributed by atoms with Gasteiger partial charge in [-0.1, -0.05) is 82.9 Å². The number of phenols is 1. The van der Waals surface area contributed by atoms with Gasteiger partial charge in [-0.3, -0.25) is 4.55 Å². The summed E-state index contributed by atoms with van der Waals surface area (Å²) in [5.41, 5.74) is 1.20. The monoisotopic (exact) mass is 434 g/mol. The lowest BCUT2D eigenvalue weighted by atomic mass is 10.0. The van der Waals surface area contributed by atoms with Crippen molar-refractivity contribution < 1.29 is 22.8 Å². The van der Waals surface area contributed by atoms with E-state index in [4.69, 9.17) is 4.74 Å². The van der Waals surface area contributed by atoms with Crippen molar-refractivity contribution in [2.24, 2.45) is 0 Å². The van der Waals surface area contributed by atoms with Crippen molar-refractivity contribution in [1.29, 1.82) is 0 Å². The van der Waals surface area contributed by atoms with E-state index >= 15 is 0 Å². The van der Waals surface area contributed by atoms with Crippen LogP contribution in [0, 0.1) is 0 Å². The maximum absolute atomic E-state index is 11.5. The van der Waals surface area contributed by atoms with Crippen molar-refractivity contribution in [2.75, 3.05) is 0 Å². The lowest BCUT2D eigenvalue weighted by Gasteiger charge is -2.11. The van der Waals surface area contributed by atoms with Gasteiger partial charge in [0.2, 0.25) is 0 Å². The number of aromatic hydroxyl groups is 1. The molecule has 0 aliphatic rings. The maximum atomic E-state index is 11.5. The van der Waals surface area contributed by atoms with Crippen LogP contribution in [0.4, 0.5) is 0 Å². The van der Waals surface area contributed by atoms with Gasteiger partial charge in [-0.15, -0.1) is 0 Å². The first-order valence-electron chi connectivity index (χ1n) is 11.0. The predicted octanol–water partition coefficient (Wildman–Crippen LogP) is 6.89. The molecule has 6 heteroatoms. The average Bonchev–Trinajstić information content (AvgIpc) is 2.70. The molecule has 0 aliphatic carbocycles. The molecule has 0 atom stereocenters. The molecule has 2 aromatic carbocycles. The third kappa shape index (κ3) is 8.36. The Kier molecular flexibility index (Phi) is 10.2. The van der Waals surface area contributed by atoms with Gasteiger partial charge in [-0.2, -0.15) is 8.42 Å². The normalized spacial score (nSPS) is 11.5. The fraction of sp³-hybridized carbons (Fsp3) is 0.500. The van der Waals surface area contributed by atoms with Crippen LogP contribution in [-0.2, 0) is 16.5 Å². The largest absolute Gasteiger partial charge is 0.506 e. The standard InChI is InChI=1S/C24H34O5S/c1-2-3-4-5-6-7-8-9-10-11-13-20-16-18-21(19-17-20)29-23-15-12-14-22(25)24(23)30(26,27)28/h12,14-19,25H,2-11,13H2,1H3,(H,26,27,28). The molecule has 166 valence electrons. The number of hydrogen-bond donors (Lipinski definition) is 2. The van der Waals surface area contributed by atoms with Crippen LogP contribution in [0.5, 0.6) is 17.2 Å². The lowest BCUT2D eigenvalue weighted by molar-refractivity contribution is 0.415. The Bertz CT molecular complexity index is 860. The number of phenolic OH excluding ortho intramolecular Hbond substituents is 1. The van der Waals surface area contributed by atoms with Crippen LogP contribution in [0.1, 0.15) is 76.7 Å². The van der Waals surface area contributed by atoms with Crippen molar-refractivity contribution in [1.82, 2.24) is 0 Å². The van der Waals surface area contributed by atoms with Gasteiger partial charge < -0.3 is 9.84 Å². The molecular formula is C24H34O5S. The van der Waals surface area contributed by atoms with Gasteiger partial charge in [0.1, 0.15) is 11.5 Å². The summed E-state index contributed by atoms with van der Waals surface area (Å²) in [5.74, 6) is -0.218. The van der Waals surface area contributed by atoms with E-state index < -0.39 is 20.8 Å². The first kappa shape index (κ1) is 24.2. The van der Waals surface area contributed by atoms with Crippen LogP contribution in [0.3, 0.4) is 0 Å². The van der Waals surface area contributed by atoms with Crippen molar-refractivity contribution in [2.45, 2.75) is 82.4 Å². The van der Waals surface area contributed by atoms with Gasteiger partial charge >= 0.3 is 10.1 Å². The van der Waals surface area contributed by atoms with Gasteiger partial charge in [0, 0.05) is 0 Å². The van der Waals surface area contributed by atoms with Gasteiger partial charge in [0.25, 0.3) is 0 Å². The summed E-state index contributed by atoms with van der Waals surface area (Å²) in [5, 5.41) is 9.75. The second kappa shape index (κ2) is 12.6. The second-order valence-electron chi connectivity index (χ2n) is 7.76. The van der Waals surface area contributed by atoms with Crippen LogP contribution in [-0.4, -0.2) is 18.1 Å². The molecule has 0 unspecified atom stereocenters. The summed E-state index contributed by atoms with van der Waals surface area (Å²) in [7, 11) is -4.60. The van der Waals surface area contributed by atoms with Gasteiger partial charge in [-0.05, 0) is 42.7 Å². The third-order valence-corrected chi connectivity index (χ3v) is 6.11. The molecule has 2 N–H and O–H groups in total.